The molecule has 1 heterocycles. The molecule has 1 amide bonds. The number of anilines is 2. The number of methoxy groups -OCH3 is 2. The molecule has 4 aromatic carbocycles. The minimum Gasteiger partial charge on any atom is -0.497 e. The Morgan fingerprint density at radius 1 is 0.833 bits per heavy atom. The van der Waals surface area contributed by atoms with E-state index in [1.807, 2.05) is 18.2 Å². The number of carbonyl (C=O) groups is 1. The number of sulfonamides is 1. The number of ether oxygens (including phenoxy) is 2. The van der Waals surface area contributed by atoms with Crippen molar-refractivity contribution in [3.63, 3.8) is 0 Å². The van der Waals surface area contributed by atoms with Crippen molar-refractivity contribution in [3.8, 4) is 11.5 Å². The number of hydrogen-bond acceptors (Lipinski definition) is 7. The highest BCUT2D eigenvalue weighted by atomic mass is 32.2. The van der Waals surface area contributed by atoms with Crippen molar-refractivity contribution in [2.75, 3.05) is 24.3 Å². The summed E-state index contributed by atoms with van der Waals surface area (Å²) < 4.78 is 54.4. The van der Waals surface area contributed by atoms with E-state index < -0.39 is 21.7 Å². The van der Waals surface area contributed by atoms with E-state index in [9.17, 15) is 17.6 Å². The fourth-order valence-corrected chi connectivity index (χ4v) is 5.43. The van der Waals surface area contributed by atoms with Crippen molar-refractivity contribution in [1.82, 2.24) is 9.97 Å². The Morgan fingerprint density at radius 2 is 1.50 bits per heavy atom. The number of benzene rings is 4. The Hall–Kier alpha value is -5.03. The van der Waals surface area contributed by atoms with E-state index in [-0.39, 0.29) is 34.8 Å². The third kappa shape index (κ3) is 6.64. The summed E-state index contributed by atoms with van der Waals surface area (Å²) in [6, 6.07) is 24.2. The van der Waals surface area contributed by atoms with E-state index in [0.717, 1.165) is 5.56 Å². The van der Waals surface area contributed by atoms with E-state index in [4.69, 9.17) is 14.5 Å². The second-order valence-corrected chi connectivity index (χ2v) is 11.0. The molecule has 0 aliphatic heterocycles. The highest BCUT2D eigenvalue weighted by Crippen LogP contribution is 2.28. The number of halogens is 1. The lowest BCUT2D eigenvalue weighted by Crippen LogP contribution is -2.18. The van der Waals surface area contributed by atoms with Crippen molar-refractivity contribution in [3.05, 3.63) is 114 Å². The van der Waals surface area contributed by atoms with Crippen LogP contribution < -0.4 is 19.5 Å². The molecular weight excluding hydrogens is 559 g/mol. The molecule has 0 atom stereocenters. The van der Waals surface area contributed by atoms with Crippen molar-refractivity contribution < 1.29 is 27.1 Å². The smallest absolute Gasteiger partial charge is 0.263 e. The fraction of sp³-hybridized carbons (Fsp3) is 0.129. The lowest BCUT2D eigenvalue weighted by molar-refractivity contribution is -0.115. The molecule has 5 aromatic rings. The number of nitrogens with zero attached hydrogens (tertiary/aromatic N) is 2. The summed E-state index contributed by atoms with van der Waals surface area (Å²) in [6.07, 6.45) is 0.0301. The van der Waals surface area contributed by atoms with Gasteiger partial charge in [-0.25, -0.2) is 22.8 Å². The molecule has 0 saturated carbocycles. The largest absolute Gasteiger partial charge is 0.497 e. The first-order chi connectivity index (χ1) is 20.2. The van der Waals surface area contributed by atoms with Gasteiger partial charge in [0.2, 0.25) is 5.91 Å². The van der Waals surface area contributed by atoms with Crippen LogP contribution in [0.4, 0.5) is 15.9 Å². The number of carbonyl (C=O) groups excluding carboxylic acids is 1. The lowest BCUT2D eigenvalue weighted by atomic mass is 10.1. The van der Waals surface area contributed by atoms with Crippen molar-refractivity contribution in [2.45, 2.75) is 17.7 Å². The molecule has 0 radical (unpaired) electrons. The summed E-state index contributed by atoms with van der Waals surface area (Å²) in [4.78, 5) is 21.7. The molecule has 11 heteroatoms. The number of para-hydroxylation sites is 2. The average Bonchev–Trinajstić information content (AvgIpc) is 2.98. The minimum atomic E-state index is -4.16. The molecule has 0 saturated heterocycles. The van der Waals surface area contributed by atoms with Gasteiger partial charge in [-0.1, -0.05) is 36.4 Å². The van der Waals surface area contributed by atoms with Crippen LogP contribution in [0.1, 0.15) is 16.8 Å². The highest BCUT2D eigenvalue weighted by Gasteiger charge is 2.20. The number of amides is 1. The molecule has 0 unspecified atom stereocenters. The SMILES string of the molecule is COc1cc(Cc2nc3ccccc3nc2NS(=O)(=O)c2cccc(NC(=O)Cc3ccccc3F)c2)cc(OC)c1. The fourth-order valence-electron chi connectivity index (χ4n) is 4.35. The summed E-state index contributed by atoms with van der Waals surface area (Å²) >= 11 is 0. The zero-order valence-corrected chi connectivity index (χ0v) is 23.6. The molecule has 2 N–H and O–H groups in total. The highest BCUT2D eigenvalue weighted by molar-refractivity contribution is 7.92. The van der Waals surface area contributed by atoms with Gasteiger partial charge >= 0.3 is 0 Å². The maximum atomic E-state index is 14.0. The van der Waals surface area contributed by atoms with Gasteiger partial charge in [-0.3, -0.25) is 9.52 Å². The first kappa shape index (κ1) is 28.5. The number of nitrogens with one attached hydrogen (secondary N) is 2. The third-order valence-corrected chi connectivity index (χ3v) is 7.73. The number of hydrogen-bond donors (Lipinski definition) is 2. The van der Waals surface area contributed by atoms with Gasteiger partial charge in [0.25, 0.3) is 10.0 Å². The molecule has 42 heavy (non-hydrogen) atoms. The van der Waals surface area contributed by atoms with Gasteiger partial charge in [0.1, 0.15) is 17.3 Å². The Bertz CT molecular complexity index is 1860. The molecule has 214 valence electrons. The molecule has 1 aromatic heterocycles. The van der Waals surface area contributed by atoms with Gasteiger partial charge in [-0.15, -0.1) is 0 Å². The number of aromatic nitrogens is 2. The van der Waals surface area contributed by atoms with Crippen molar-refractivity contribution in [1.29, 1.82) is 0 Å². The van der Waals surface area contributed by atoms with Crippen LogP contribution in [0.5, 0.6) is 11.5 Å². The van der Waals surface area contributed by atoms with Crippen LogP contribution in [0.2, 0.25) is 0 Å². The van der Waals surface area contributed by atoms with Crippen LogP contribution in [0, 0.1) is 5.82 Å². The normalized spacial score (nSPS) is 11.2. The molecule has 9 nitrogen and oxygen atoms in total. The molecule has 0 aliphatic rings. The van der Waals surface area contributed by atoms with Crippen LogP contribution in [-0.2, 0) is 27.7 Å². The average molecular weight is 587 g/mol. The maximum Gasteiger partial charge on any atom is 0.263 e. The Labute approximate surface area is 242 Å². The number of rotatable bonds is 10. The molecule has 0 bridgehead atoms. The van der Waals surface area contributed by atoms with E-state index in [1.165, 1.54) is 36.4 Å². The van der Waals surface area contributed by atoms with Gasteiger partial charge in [-0.05, 0) is 59.7 Å². The predicted octanol–water partition coefficient (Wildman–Crippen LogP) is 5.36. The van der Waals surface area contributed by atoms with Crippen LogP contribution in [-0.4, -0.2) is 38.5 Å². The predicted molar refractivity (Wildman–Crippen MR) is 158 cm³/mol. The Balaban J connectivity index is 1.43. The van der Waals surface area contributed by atoms with Gasteiger partial charge in [0, 0.05) is 18.2 Å². The second-order valence-electron chi connectivity index (χ2n) is 9.36. The van der Waals surface area contributed by atoms with E-state index in [2.05, 4.69) is 15.0 Å². The molecular formula is C31H27FN4O5S. The molecule has 0 fully saturated rings. The Kier molecular flexibility index (Phi) is 8.30. The minimum absolute atomic E-state index is 0.0597. The van der Waals surface area contributed by atoms with E-state index in [1.54, 1.807) is 50.6 Å². The van der Waals surface area contributed by atoms with Crippen LogP contribution in [0.15, 0.2) is 95.9 Å². The summed E-state index contributed by atoms with van der Waals surface area (Å²) in [5.41, 5.74) is 2.75. The standard InChI is InChI=1S/C31H27FN4O5S/c1-40-23-14-20(15-24(19-23)41-2)16-29-31(35-28-13-6-5-12-27(28)34-29)36-42(38,39)25-10-7-9-22(18-25)33-30(37)17-21-8-3-4-11-26(21)32/h3-15,18-19H,16-17H2,1-2H3,(H,33,37)(H,35,36). The van der Waals surface area contributed by atoms with Crippen LogP contribution in [0.25, 0.3) is 11.0 Å². The lowest BCUT2D eigenvalue weighted by Gasteiger charge is -2.14. The van der Waals surface area contributed by atoms with Gasteiger partial charge in [0.15, 0.2) is 5.82 Å². The van der Waals surface area contributed by atoms with E-state index >= 15 is 0 Å². The van der Waals surface area contributed by atoms with Gasteiger partial charge in [0.05, 0.1) is 42.3 Å². The first-order valence-electron chi connectivity index (χ1n) is 12.9. The number of fused-ring (bicyclic) bond motifs is 1. The van der Waals surface area contributed by atoms with Gasteiger partial charge < -0.3 is 14.8 Å². The maximum absolute atomic E-state index is 14.0. The first-order valence-corrected chi connectivity index (χ1v) is 14.4. The summed E-state index contributed by atoms with van der Waals surface area (Å²) in [6.45, 7) is 0. The summed E-state index contributed by atoms with van der Waals surface area (Å²) in [7, 11) is -1.07. The Morgan fingerprint density at radius 3 is 2.19 bits per heavy atom. The topological polar surface area (TPSA) is 120 Å². The zero-order chi connectivity index (χ0) is 29.7. The summed E-state index contributed by atoms with van der Waals surface area (Å²) in [5.74, 6) is 0.236. The molecule has 0 spiro atoms. The van der Waals surface area contributed by atoms with Crippen molar-refractivity contribution in [2.24, 2.45) is 0 Å². The zero-order valence-electron chi connectivity index (χ0n) is 22.8. The van der Waals surface area contributed by atoms with E-state index in [0.29, 0.717) is 28.2 Å². The van der Waals surface area contributed by atoms with Crippen LogP contribution >= 0.6 is 0 Å². The third-order valence-electron chi connectivity index (χ3n) is 6.39. The van der Waals surface area contributed by atoms with Crippen LogP contribution in [0.3, 0.4) is 0 Å². The van der Waals surface area contributed by atoms with Gasteiger partial charge in [-0.2, -0.15) is 0 Å². The molecule has 5 rings (SSSR count). The van der Waals surface area contributed by atoms with Crippen molar-refractivity contribution >= 4 is 38.5 Å². The quantitative estimate of drug-likeness (QED) is 0.226. The monoisotopic (exact) mass is 586 g/mol. The molecule has 0 aliphatic carbocycles. The second kappa shape index (κ2) is 12.2. The summed E-state index contributed by atoms with van der Waals surface area (Å²) in [5, 5.41) is 2.63.